The van der Waals surface area contributed by atoms with E-state index in [0.29, 0.717) is 12.3 Å². The maximum Gasteiger partial charge on any atom is 0.286 e. The smallest absolute Gasteiger partial charge is 0.286 e. The summed E-state index contributed by atoms with van der Waals surface area (Å²) in [6, 6.07) is 8.62. The fourth-order valence-corrected chi connectivity index (χ4v) is 5.52. The molecule has 1 saturated heterocycles. The molecule has 0 saturated carbocycles. The van der Waals surface area contributed by atoms with Crippen LogP contribution in [0.2, 0.25) is 0 Å². The quantitative estimate of drug-likeness (QED) is 0.701. The number of thioether (sulfide) groups is 1. The zero-order valence-corrected chi connectivity index (χ0v) is 19.9. The minimum atomic E-state index is -0.441. The summed E-state index contributed by atoms with van der Waals surface area (Å²) >= 11 is 1.02. The van der Waals surface area contributed by atoms with E-state index in [1.165, 1.54) is 23.1 Å². The van der Waals surface area contributed by atoms with Crippen LogP contribution in [0.1, 0.15) is 62.9 Å². The second-order valence-corrected chi connectivity index (χ2v) is 11.1. The number of pyridine rings is 1. The first-order valence-electron chi connectivity index (χ1n) is 10.7. The van der Waals surface area contributed by atoms with Crippen LogP contribution in [0.25, 0.3) is 11.1 Å². The molecule has 6 heteroatoms. The minimum Gasteiger partial charge on any atom is -0.481 e. The topological polar surface area (TPSA) is 68.3 Å². The lowest BCUT2D eigenvalue weighted by Crippen LogP contribution is -2.34. The average Bonchev–Trinajstić information content (AvgIpc) is 3.02. The van der Waals surface area contributed by atoms with E-state index in [1.54, 1.807) is 7.11 Å². The number of aromatic nitrogens is 1. The van der Waals surface area contributed by atoms with Gasteiger partial charge in [0.05, 0.1) is 12.4 Å². The Morgan fingerprint density at radius 1 is 1.06 bits per heavy atom. The molecule has 1 aliphatic heterocycles. The van der Waals surface area contributed by atoms with Gasteiger partial charge in [-0.2, -0.15) is 0 Å². The zero-order chi connectivity index (χ0) is 22.6. The Hall–Kier alpha value is -2.34. The van der Waals surface area contributed by atoms with E-state index in [-0.39, 0.29) is 22.0 Å². The molecule has 1 aliphatic carbocycles. The molecule has 2 aliphatic rings. The van der Waals surface area contributed by atoms with Crippen LogP contribution < -0.4 is 10.1 Å². The van der Waals surface area contributed by atoms with E-state index >= 15 is 0 Å². The van der Waals surface area contributed by atoms with Gasteiger partial charge in [-0.1, -0.05) is 45.5 Å². The molecule has 4 rings (SSSR count). The number of carbonyl (C=O) groups excluding carboxylic acids is 2. The van der Waals surface area contributed by atoms with E-state index in [1.807, 2.05) is 12.1 Å². The third-order valence-corrected chi connectivity index (χ3v) is 7.74. The lowest BCUT2D eigenvalue weighted by Gasteiger charge is -2.42. The molecule has 1 fully saturated rings. The number of aryl methyl sites for hydroxylation is 1. The molecule has 1 aromatic heterocycles. The van der Waals surface area contributed by atoms with Crippen LogP contribution in [0.3, 0.4) is 0 Å². The highest BCUT2D eigenvalue weighted by molar-refractivity contribution is 8.15. The van der Waals surface area contributed by atoms with Crippen LogP contribution in [-0.4, -0.2) is 28.5 Å². The highest BCUT2D eigenvalue weighted by atomic mass is 32.2. The van der Waals surface area contributed by atoms with Gasteiger partial charge in [0.1, 0.15) is 0 Å². The maximum absolute atomic E-state index is 11.9. The van der Waals surface area contributed by atoms with Crippen molar-refractivity contribution in [3.8, 4) is 17.0 Å². The van der Waals surface area contributed by atoms with Crippen LogP contribution >= 0.6 is 11.8 Å². The fourth-order valence-electron chi connectivity index (χ4n) is 4.68. The zero-order valence-electron chi connectivity index (χ0n) is 19.1. The lowest BCUT2D eigenvalue weighted by atomic mass is 9.62. The van der Waals surface area contributed by atoms with Crippen molar-refractivity contribution < 1.29 is 14.3 Å². The number of hydrogen-bond acceptors (Lipinski definition) is 5. The van der Waals surface area contributed by atoms with Crippen LogP contribution in [-0.2, 0) is 22.0 Å². The molecule has 1 atom stereocenters. The van der Waals surface area contributed by atoms with Gasteiger partial charge in [-0.15, -0.1) is 0 Å². The molecule has 2 amide bonds. The summed E-state index contributed by atoms with van der Waals surface area (Å²) in [5, 5.41) is 1.59. The Morgan fingerprint density at radius 2 is 1.71 bits per heavy atom. The van der Waals surface area contributed by atoms with Gasteiger partial charge in [-0.05, 0) is 71.0 Å². The van der Waals surface area contributed by atoms with Gasteiger partial charge in [0.2, 0.25) is 11.8 Å². The third kappa shape index (κ3) is 3.98. The highest BCUT2D eigenvalue weighted by Gasteiger charge is 2.38. The first-order valence-corrected chi connectivity index (χ1v) is 11.6. The number of nitrogens with zero attached hydrogens (tertiary/aromatic N) is 1. The van der Waals surface area contributed by atoms with Crippen LogP contribution in [0.15, 0.2) is 24.3 Å². The second kappa shape index (κ2) is 7.66. The predicted molar refractivity (Wildman–Crippen MR) is 125 cm³/mol. The number of imide groups is 1. The van der Waals surface area contributed by atoms with Gasteiger partial charge in [0.25, 0.3) is 5.24 Å². The van der Waals surface area contributed by atoms with Crippen molar-refractivity contribution in [1.82, 2.24) is 10.3 Å². The van der Waals surface area contributed by atoms with Gasteiger partial charge in [-0.3, -0.25) is 14.9 Å². The SMILES string of the molecule is COc1nc(CC2SC(=O)NC2=O)ccc1-c1cc2c(cc1C)C(C)(C)CCC2(C)C. The van der Waals surface area contributed by atoms with E-state index in [4.69, 9.17) is 4.74 Å². The molecule has 1 unspecified atom stereocenters. The number of ether oxygens (including phenoxy) is 1. The molecule has 31 heavy (non-hydrogen) atoms. The summed E-state index contributed by atoms with van der Waals surface area (Å²) in [6.45, 7) is 11.5. The van der Waals surface area contributed by atoms with Crippen molar-refractivity contribution in [3.05, 3.63) is 46.6 Å². The molecular formula is C25H30N2O3S. The molecule has 0 bridgehead atoms. The van der Waals surface area contributed by atoms with E-state index in [2.05, 4.69) is 57.1 Å². The maximum atomic E-state index is 11.9. The number of hydrogen-bond donors (Lipinski definition) is 1. The monoisotopic (exact) mass is 438 g/mol. The summed E-state index contributed by atoms with van der Waals surface area (Å²) < 4.78 is 5.66. The van der Waals surface area contributed by atoms with Crippen molar-refractivity contribution in [3.63, 3.8) is 0 Å². The summed E-state index contributed by atoms with van der Waals surface area (Å²) in [5.74, 6) is 0.290. The number of rotatable bonds is 4. The van der Waals surface area contributed by atoms with Gasteiger partial charge in [-0.25, -0.2) is 4.98 Å². The Kier molecular flexibility index (Phi) is 5.41. The molecule has 5 nitrogen and oxygen atoms in total. The average molecular weight is 439 g/mol. The van der Waals surface area contributed by atoms with E-state index in [0.717, 1.165) is 35.0 Å². The van der Waals surface area contributed by atoms with Crippen molar-refractivity contribution in [2.75, 3.05) is 7.11 Å². The third-order valence-electron chi connectivity index (χ3n) is 6.76. The molecule has 1 aromatic carbocycles. The fraction of sp³-hybridized carbons (Fsp3) is 0.480. The number of fused-ring (bicyclic) bond motifs is 1. The Labute approximate surface area is 188 Å². The van der Waals surface area contributed by atoms with E-state index in [9.17, 15) is 9.59 Å². The van der Waals surface area contributed by atoms with Crippen molar-refractivity contribution in [2.45, 2.75) is 70.0 Å². The number of benzene rings is 1. The van der Waals surface area contributed by atoms with Crippen LogP contribution in [0, 0.1) is 6.92 Å². The summed E-state index contributed by atoms with van der Waals surface area (Å²) in [6.07, 6.45) is 2.73. The van der Waals surface area contributed by atoms with Crippen molar-refractivity contribution in [1.29, 1.82) is 0 Å². The minimum absolute atomic E-state index is 0.119. The Bertz CT molecular complexity index is 1070. The summed E-state index contributed by atoms with van der Waals surface area (Å²) in [4.78, 5) is 28.1. The second-order valence-electron chi connectivity index (χ2n) is 9.93. The largest absolute Gasteiger partial charge is 0.481 e. The van der Waals surface area contributed by atoms with E-state index < -0.39 is 5.25 Å². The molecule has 0 radical (unpaired) electrons. The van der Waals surface area contributed by atoms with Gasteiger partial charge in [0.15, 0.2) is 0 Å². The van der Waals surface area contributed by atoms with Crippen molar-refractivity contribution >= 4 is 22.9 Å². The number of methoxy groups -OCH3 is 1. The Balaban J connectivity index is 1.74. The summed E-state index contributed by atoms with van der Waals surface area (Å²) in [5.41, 5.74) is 7.13. The molecule has 1 N–H and O–H groups in total. The molecule has 164 valence electrons. The summed E-state index contributed by atoms with van der Waals surface area (Å²) in [7, 11) is 1.62. The standard InChI is InChI=1S/C25H30N2O3S/c1-14-11-18-19(25(4,5)10-9-24(18,2)3)13-17(14)16-8-7-15(26-22(16)30-6)12-20-21(28)27-23(29)31-20/h7-8,11,13,20H,9-10,12H2,1-6H3,(H,27,28,29). The number of amides is 2. The first-order chi connectivity index (χ1) is 14.5. The predicted octanol–water partition coefficient (Wildman–Crippen LogP) is 5.31. The van der Waals surface area contributed by atoms with Gasteiger partial charge in [0, 0.05) is 17.7 Å². The van der Waals surface area contributed by atoms with Gasteiger partial charge < -0.3 is 4.74 Å². The van der Waals surface area contributed by atoms with Gasteiger partial charge >= 0.3 is 0 Å². The molecule has 2 aromatic rings. The number of nitrogens with one attached hydrogen (secondary N) is 1. The van der Waals surface area contributed by atoms with Crippen molar-refractivity contribution in [2.24, 2.45) is 0 Å². The molecule has 0 spiro atoms. The molecular weight excluding hydrogens is 408 g/mol. The van der Waals surface area contributed by atoms with Crippen LogP contribution in [0.5, 0.6) is 5.88 Å². The normalized spacial score (nSPS) is 21.5. The lowest BCUT2D eigenvalue weighted by molar-refractivity contribution is -0.118. The number of carbonyl (C=O) groups is 2. The first kappa shape index (κ1) is 21.9. The molecule has 2 heterocycles. The highest BCUT2D eigenvalue weighted by Crippen LogP contribution is 2.48. The Morgan fingerprint density at radius 3 is 2.29 bits per heavy atom. The van der Waals surface area contributed by atoms with Crippen LogP contribution in [0.4, 0.5) is 4.79 Å².